The summed E-state index contributed by atoms with van der Waals surface area (Å²) >= 11 is 1.96. The minimum absolute atomic E-state index is 1.18. The lowest BCUT2D eigenvalue weighted by molar-refractivity contribution is 0.703. The highest BCUT2D eigenvalue weighted by atomic mass is 32.2. The molecule has 0 saturated carbocycles. The largest absolute Gasteiger partial charge is 0.122 e. The molecule has 0 N–H and O–H groups in total. The molecule has 1 aromatic carbocycles. The van der Waals surface area contributed by atoms with Crippen LogP contribution in [0.2, 0.25) is 0 Å². The number of benzene rings is 1. The fourth-order valence-corrected chi connectivity index (χ4v) is 2.69. The molecule has 0 saturated heterocycles. The zero-order chi connectivity index (χ0) is 9.64. The molecule has 0 aromatic heterocycles. The first-order chi connectivity index (χ1) is 6.95. The van der Waals surface area contributed by atoms with Gasteiger partial charge in [-0.15, -0.1) is 11.8 Å². The van der Waals surface area contributed by atoms with E-state index in [4.69, 9.17) is 0 Å². The summed E-state index contributed by atoms with van der Waals surface area (Å²) in [7, 11) is 0. The van der Waals surface area contributed by atoms with Gasteiger partial charge in [0.2, 0.25) is 0 Å². The van der Waals surface area contributed by atoms with Crippen molar-refractivity contribution in [2.75, 3.05) is 5.75 Å². The van der Waals surface area contributed by atoms with E-state index < -0.39 is 0 Å². The number of allylic oxidation sites excluding steroid dienone is 1. The Morgan fingerprint density at radius 1 is 1.07 bits per heavy atom. The highest BCUT2D eigenvalue weighted by Crippen LogP contribution is 2.25. The predicted molar refractivity (Wildman–Crippen MR) is 63.7 cm³/mol. The Hall–Kier alpha value is -0.690. The second kappa shape index (κ2) is 5.26. The summed E-state index contributed by atoms with van der Waals surface area (Å²) in [5, 5.41) is 0. The minimum Gasteiger partial charge on any atom is -0.122 e. The number of hydrogen-bond donors (Lipinski definition) is 0. The molecule has 1 aliphatic rings. The summed E-state index contributed by atoms with van der Waals surface area (Å²) in [4.78, 5) is 1.39. The molecular weight excluding hydrogens is 188 g/mol. The molecule has 0 nitrogen and oxygen atoms in total. The lowest BCUT2D eigenvalue weighted by Crippen LogP contribution is -1.94. The lowest BCUT2D eigenvalue weighted by atomic mass is 10.0. The lowest BCUT2D eigenvalue weighted by Gasteiger charge is -2.11. The molecule has 0 bridgehead atoms. The van der Waals surface area contributed by atoms with Gasteiger partial charge in [0.1, 0.15) is 0 Å². The van der Waals surface area contributed by atoms with Gasteiger partial charge in [0.15, 0.2) is 0 Å². The van der Waals surface area contributed by atoms with E-state index >= 15 is 0 Å². The van der Waals surface area contributed by atoms with E-state index in [2.05, 4.69) is 36.4 Å². The molecule has 0 spiro atoms. The van der Waals surface area contributed by atoms with Gasteiger partial charge in [-0.3, -0.25) is 0 Å². The standard InChI is InChI=1S/C13H16S/c1-3-7-12(8-4-1)11-14-13-9-5-2-6-10-13/h2,5-7,9-10H,1,3-4,8,11H2. The molecular formula is C13H16S. The molecule has 2 rings (SSSR count). The van der Waals surface area contributed by atoms with Crippen molar-refractivity contribution in [2.45, 2.75) is 30.6 Å². The van der Waals surface area contributed by atoms with Gasteiger partial charge < -0.3 is 0 Å². The SMILES string of the molecule is C1=C(CSc2ccccc2)CCCC1. The Morgan fingerprint density at radius 2 is 1.93 bits per heavy atom. The van der Waals surface area contributed by atoms with Crippen LogP contribution in [0.1, 0.15) is 25.7 Å². The van der Waals surface area contributed by atoms with E-state index in [9.17, 15) is 0 Å². The number of hydrogen-bond acceptors (Lipinski definition) is 1. The molecule has 74 valence electrons. The van der Waals surface area contributed by atoms with Crippen LogP contribution in [0.4, 0.5) is 0 Å². The number of rotatable bonds is 3. The molecule has 0 aliphatic heterocycles. The predicted octanol–water partition coefficient (Wildman–Crippen LogP) is 4.28. The van der Waals surface area contributed by atoms with Gasteiger partial charge in [-0.1, -0.05) is 29.8 Å². The topological polar surface area (TPSA) is 0 Å². The second-order valence-electron chi connectivity index (χ2n) is 3.71. The Morgan fingerprint density at radius 3 is 2.64 bits per heavy atom. The van der Waals surface area contributed by atoms with Gasteiger partial charge in [-0.2, -0.15) is 0 Å². The van der Waals surface area contributed by atoms with Crippen molar-refractivity contribution in [2.24, 2.45) is 0 Å². The van der Waals surface area contributed by atoms with Crippen molar-refractivity contribution in [3.8, 4) is 0 Å². The van der Waals surface area contributed by atoms with Crippen molar-refractivity contribution in [1.29, 1.82) is 0 Å². The molecule has 1 aliphatic carbocycles. The zero-order valence-electron chi connectivity index (χ0n) is 8.41. The summed E-state index contributed by atoms with van der Waals surface area (Å²) in [5.41, 5.74) is 1.64. The summed E-state index contributed by atoms with van der Waals surface area (Å²) in [6.45, 7) is 0. The quantitative estimate of drug-likeness (QED) is 0.523. The van der Waals surface area contributed by atoms with Gasteiger partial charge in [0, 0.05) is 10.6 Å². The van der Waals surface area contributed by atoms with Crippen LogP contribution in [0.25, 0.3) is 0 Å². The van der Waals surface area contributed by atoms with E-state index in [1.807, 2.05) is 11.8 Å². The summed E-state index contributed by atoms with van der Waals surface area (Å²) in [5.74, 6) is 1.18. The molecule has 0 heterocycles. The van der Waals surface area contributed by atoms with Crippen LogP contribution in [-0.4, -0.2) is 5.75 Å². The molecule has 14 heavy (non-hydrogen) atoms. The summed E-state index contributed by atoms with van der Waals surface area (Å²) < 4.78 is 0. The van der Waals surface area contributed by atoms with E-state index in [1.165, 1.54) is 36.3 Å². The minimum atomic E-state index is 1.18. The van der Waals surface area contributed by atoms with Gasteiger partial charge >= 0.3 is 0 Å². The van der Waals surface area contributed by atoms with Crippen molar-refractivity contribution >= 4 is 11.8 Å². The van der Waals surface area contributed by atoms with Crippen molar-refractivity contribution < 1.29 is 0 Å². The smallest absolute Gasteiger partial charge is 0.0190 e. The van der Waals surface area contributed by atoms with Crippen LogP contribution >= 0.6 is 11.8 Å². The summed E-state index contributed by atoms with van der Waals surface area (Å²) in [6, 6.07) is 10.7. The fourth-order valence-electron chi connectivity index (χ4n) is 1.73. The Kier molecular flexibility index (Phi) is 3.70. The van der Waals surface area contributed by atoms with Crippen molar-refractivity contribution in [3.05, 3.63) is 42.0 Å². The van der Waals surface area contributed by atoms with Crippen molar-refractivity contribution in [3.63, 3.8) is 0 Å². The van der Waals surface area contributed by atoms with E-state index in [1.54, 1.807) is 5.57 Å². The Labute approximate surface area is 90.4 Å². The fraction of sp³-hybridized carbons (Fsp3) is 0.385. The van der Waals surface area contributed by atoms with Gasteiger partial charge in [-0.05, 0) is 37.8 Å². The van der Waals surface area contributed by atoms with E-state index in [0.29, 0.717) is 0 Å². The van der Waals surface area contributed by atoms with Crippen molar-refractivity contribution in [1.82, 2.24) is 0 Å². The summed E-state index contributed by atoms with van der Waals surface area (Å²) in [6.07, 6.45) is 7.82. The molecule has 0 atom stereocenters. The number of thioether (sulfide) groups is 1. The Balaban J connectivity index is 1.85. The van der Waals surface area contributed by atoms with Gasteiger partial charge in [-0.25, -0.2) is 0 Å². The van der Waals surface area contributed by atoms with Gasteiger partial charge in [0.25, 0.3) is 0 Å². The zero-order valence-corrected chi connectivity index (χ0v) is 9.22. The average molecular weight is 204 g/mol. The maximum atomic E-state index is 2.43. The second-order valence-corrected chi connectivity index (χ2v) is 4.76. The van der Waals surface area contributed by atoms with Crippen LogP contribution in [-0.2, 0) is 0 Å². The van der Waals surface area contributed by atoms with Gasteiger partial charge in [0.05, 0.1) is 0 Å². The Bertz CT molecular complexity index is 300. The van der Waals surface area contributed by atoms with Crippen LogP contribution in [0.3, 0.4) is 0 Å². The highest BCUT2D eigenvalue weighted by molar-refractivity contribution is 7.99. The first-order valence-corrected chi connectivity index (χ1v) is 6.29. The molecule has 0 unspecified atom stereocenters. The maximum absolute atomic E-state index is 2.43. The third kappa shape index (κ3) is 2.91. The maximum Gasteiger partial charge on any atom is 0.0190 e. The normalized spacial score (nSPS) is 16.4. The third-order valence-electron chi connectivity index (χ3n) is 2.55. The van der Waals surface area contributed by atoms with Crippen LogP contribution in [0, 0.1) is 0 Å². The third-order valence-corrected chi connectivity index (χ3v) is 3.67. The average Bonchev–Trinajstić information content (AvgIpc) is 2.29. The molecule has 0 radical (unpaired) electrons. The first-order valence-electron chi connectivity index (χ1n) is 5.31. The molecule has 0 amide bonds. The van der Waals surface area contributed by atoms with Crippen LogP contribution in [0.15, 0.2) is 46.9 Å². The van der Waals surface area contributed by atoms with Crippen LogP contribution < -0.4 is 0 Å². The van der Waals surface area contributed by atoms with E-state index in [0.717, 1.165) is 0 Å². The van der Waals surface area contributed by atoms with Crippen LogP contribution in [0.5, 0.6) is 0 Å². The molecule has 1 heteroatoms. The monoisotopic (exact) mass is 204 g/mol. The van der Waals surface area contributed by atoms with E-state index in [-0.39, 0.29) is 0 Å². The molecule has 1 aromatic rings. The first kappa shape index (κ1) is 9.85. The highest BCUT2D eigenvalue weighted by Gasteiger charge is 2.03. The molecule has 0 fully saturated rings.